The number of aliphatic hydroxyl groups excluding tert-OH is 1. The average Bonchev–Trinajstić information content (AvgIpc) is 2.81. The van der Waals surface area contributed by atoms with Gasteiger partial charge in [-0.3, -0.25) is 0 Å². The Morgan fingerprint density at radius 1 is 1.21 bits per heavy atom. The fourth-order valence-corrected chi connectivity index (χ4v) is 2.56. The predicted molar refractivity (Wildman–Crippen MR) is 82.4 cm³/mol. The van der Waals surface area contributed by atoms with Crippen molar-refractivity contribution in [3.8, 4) is 10.8 Å². The number of aryl methyl sites for hydroxylation is 1. The maximum atomic E-state index is 7.00. The van der Waals surface area contributed by atoms with Gasteiger partial charge in [-0.1, -0.05) is 35.9 Å². The molecule has 0 saturated carbocycles. The van der Waals surface area contributed by atoms with Gasteiger partial charge in [0.1, 0.15) is 5.75 Å². The van der Waals surface area contributed by atoms with E-state index >= 15 is 0 Å². The Bertz CT molecular complexity index is 517. The Labute approximate surface area is 122 Å². The van der Waals surface area contributed by atoms with Crippen molar-refractivity contribution in [2.45, 2.75) is 13.3 Å². The summed E-state index contributed by atoms with van der Waals surface area (Å²) in [7, 11) is 1.00. The van der Waals surface area contributed by atoms with Crippen LogP contribution in [-0.4, -0.2) is 12.2 Å². The molecule has 0 atom stereocenters. The number of halogens is 1. The third-order valence-electron chi connectivity index (χ3n) is 2.24. The SMILES string of the molecule is C=C(Cl)Cc1ccc(Oc2ccc(C)cc2)s1.CO. The molecule has 0 radical (unpaired) electrons. The number of thiophene rings is 1. The molecule has 0 fully saturated rings. The number of hydrogen-bond donors (Lipinski definition) is 1. The molecule has 0 unspecified atom stereocenters. The second kappa shape index (κ2) is 8.00. The Balaban J connectivity index is 0.000000861. The fraction of sp³-hybridized carbons (Fsp3) is 0.200. The molecular weight excluding hydrogens is 280 g/mol. The Morgan fingerprint density at radius 3 is 2.42 bits per heavy atom. The van der Waals surface area contributed by atoms with Crippen LogP contribution in [0, 0.1) is 6.92 Å². The topological polar surface area (TPSA) is 29.5 Å². The minimum atomic E-state index is 0.647. The first-order chi connectivity index (χ1) is 9.13. The van der Waals surface area contributed by atoms with E-state index in [2.05, 4.69) is 13.5 Å². The standard InChI is InChI=1S/C14H13ClOS.CH4O/c1-10-3-5-12(6-4-10)16-14-8-7-13(17-14)9-11(2)15;1-2/h3-8H,2,9H2,1H3;2H,1H3. The van der Waals surface area contributed by atoms with Gasteiger partial charge in [0.2, 0.25) is 0 Å². The lowest BCUT2D eigenvalue weighted by Crippen LogP contribution is -1.80. The number of benzene rings is 1. The molecular formula is C15H17ClO2S. The van der Waals surface area contributed by atoms with E-state index in [0.29, 0.717) is 11.5 Å². The van der Waals surface area contributed by atoms with Crippen molar-refractivity contribution in [3.63, 3.8) is 0 Å². The first-order valence-electron chi connectivity index (χ1n) is 5.75. The van der Waals surface area contributed by atoms with Gasteiger partial charge in [-0.05, 0) is 31.2 Å². The lowest BCUT2D eigenvalue weighted by atomic mass is 10.2. The molecule has 2 nitrogen and oxygen atoms in total. The normalized spacial score (nSPS) is 9.47. The Kier molecular flexibility index (Phi) is 6.64. The largest absolute Gasteiger partial charge is 0.447 e. The first-order valence-corrected chi connectivity index (χ1v) is 6.94. The maximum Gasteiger partial charge on any atom is 0.181 e. The first kappa shape index (κ1) is 15.8. The quantitative estimate of drug-likeness (QED) is 0.882. The Hall–Kier alpha value is -1.29. The molecule has 0 aliphatic heterocycles. The molecule has 0 aliphatic rings. The van der Waals surface area contributed by atoms with Crippen molar-refractivity contribution in [2.24, 2.45) is 0 Å². The molecule has 1 N–H and O–H groups in total. The van der Waals surface area contributed by atoms with Gasteiger partial charge in [-0.25, -0.2) is 0 Å². The summed E-state index contributed by atoms with van der Waals surface area (Å²) in [5.74, 6) is 0.855. The van der Waals surface area contributed by atoms with Crippen molar-refractivity contribution < 1.29 is 9.84 Å². The predicted octanol–water partition coefficient (Wildman–Crippen LogP) is 4.75. The maximum absolute atomic E-state index is 7.00. The lowest BCUT2D eigenvalue weighted by Gasteiger charge is -2.02. The van der Waals surface area contributed by atoms with E-state index in [1.54, 1.807) is 11.3 Å². The molecule has 0 aliphatic carbocycles. The summed E-state index contributed by atoms with van der Waals surface area (Å²) in [5.41, 5.74) is 1.22. The molecule has 102 valence electrons. The summed E-state index contributed by atoms with van der Waals surface area (Å²) in [6, 6.07) is 12.0. The summed E-state index contributed by atoms with van der Waals surface area (Å²) in [6.45, 7) is 5.74. The molecule has 0 saturated heterocycles. The fourth-order valence-electron chi connectivity index (χ4n) is 1.42. The molecule has 0 amide bonds. The highest BCUT2D eigenvalue weighted by atomic mass is 35.5. The van der Waals surface area contributed by atoms with Gasteiger partial charge in [0, 0.05) is 23.4 Å². The number of ether oxygens (including phenoxy) is 1. The number of aliphatic hydroxyl groups is 1. The van der Waals surface area contributed by atoms with Crippen LogP contribution in [0.15, 0.2) is 48.0 Å². The van der Waals surface area contributed by atoms with Crippen LogP contribution in [0.25, 0.3) is 0 Å². The van der Waals surface area contributed by atoms with E-state index in [1.165, 1.54) is 5.56 Å². The van der Waals surface area contributed by atoms with Crippen LogP contribution in [0.1, 0.15) is 10.4 Å². The molecule has 2 rings (SSSR count). The molecule has 2 aromatic rings. The molecule has 0 bridgehead atoms. The summed E-state index contributed by atoms with van der Waals surface area (Å²) in [6.07, 6.45) is 0.698. The van der Waals surface area contributed by atoms with Crippen LogP contribution in [0.5, 0.6) is 10.8 Å². The van der Waals surface area contributed by atoms with Crippen LogP contribution in [-0.2, 0) is 6.42 Å². The minimum absolute atomic E-state index is 0.647. The molecule has 0 spiro atoms. The zero-order valence-electron chi connectivity index (χ0n) is 11.0. The van der Waals surface area contributed by atoms with Crippen molar-refractivity contribution in [2.75, 3.05) is 7.11 Å². The minimum Gasteiger partial charge on any atom is -0.447 e. The van der Waals surface area contributed by atoms with Crippen molar-refractivity contribution in [1.29, 1.82) is 0 Å². The van der Waals surface area contributed by atoms with Gasteiger partial charge in [0.05, 0.1) is 0 Å². The van der Waals surface area contributed by atoms with Crippen molar-refractivity contribution in [1.82, 2.24) is 0 Å². The summed E-state index contributed by atoms with van der Waals surface area (Å²) in [5, 5.41) is 8.52. The van der Waals surface area contributed by atoms with Crippen LogP contribution in [0.2, 0.25) is 0 Å². The van der Waals surface area contributed by atoms with E-state index < -0.39 is 0 Å². The van der Waals surface area contributed by atoms with Crippen molar-refractivity contribution >= 4 is 22.9 Å². The van der Waals surface area contributed by atoms with Crippen LogP contribution in [0.4, 0.5) is 0 Å². The van der Waals surface area contributed by atoms with Gasteiger partial charge in [0.25, 0.3) is 0 Å². The summed E-state index contributed by atoms with van der Waals surface area (Å²) in [4.78, 5) is 1.16. The van der Waals surface area contributed by atoms with Crippen molar-refractivity contribution in [3.05, 3.63) is 58.5 Å². The van der Waals surface area contributed by atoms with Crippen LogP contribution in [0.3, 0.4) is 0 Å². The second-order valence-corrected chi connectivity index (χ2v) is 5.50. The highest BCUT2D eigenvalue weighted by Gasteiger charge is 2.03. The van der Waals surface area contributed by atoms with Gasteiger partial charge >= 0.3 is 0 Å². The van der Waals surface area contributed by atoms with Crippen LogP contribution >= 0.6 is 22.9 Å². The highest BCUT2D eigenvalue weighted by Crippen LogP contribution is 2.30. The van der Waals surface area contributed by atoms with E-state index in [-0.39, 0.29) is 0 Å². The Morgan fingerprint density at radius 2 is 1.84 bits per heavy atom. The molecule has 1 aromatic heterocycles. The molecule has 1 heterocycles. The van der Waals surface area contributed by atoms with E-state index in [9.17, 15) is 0 Å². The number of rotatable bonds is 4. The van der Waals surface area contributed by atoms with Gasteiger partial charge in [0.15, 0.2) is 5.06 Å². The lowest BCUT2D eigenvalue weighted by molar-refractivity contribution is 0.399. The number of hydrogen-bond acceptors (Lipinski definition) is 3. The summed E-state index contributed by atoms with van der Waals surface area (Å²) < 4.78 is 5.74. The van der Waals surface area contributed by atoms with Crippen LogP contribution < -0.4 is 4.74 Å². The summed E-state index contributed by atoms with van der Waals surface area (Å²) >= 11 is 7.36. The third kappa shape index (κ3) is 5.47. The zero-order valence-corrected chi connectivity index (χ0v) is 12.6. The average molecular weight is 297 g/mol. The van der Waals surface area contributed by atoms with E-state index in [0.717, 1.165) is 22.8 Å². The second-order valence-electron chi connectivity index (χ2n) is 3.83. The van der Waals surface area contributed by atoms with Gasteiger partial charge < -0.3 is 9.84 Å². The zero-order chi connectivity index (χ0) is 14.3. The molecule has 4 heteroatoms. The molecule has 19 heavy (non-hydrogen) atoms. The highest BCUT2D eigenvalue weighted by molar-refractivity contribution is 7.13. The number of allylic oxidation sites excluding steroid dienone is 1. The van der Waals surface area contributed by atoms with Gasteiger partial charge in [-0.15, -0.1) is 11.3 Å². The van der Waals surface area contributed by atoms with E-state index in [4.69, 9.17) is 21.4 Å². The monoisotopic (exact) mass is 296 g/mol. The molecule has 1 aromatic carbocycles. The van der Waals surface area contributed by atoms with E-state index in [1.807, 2.05) is 36.4 Å². The smallest absolute Gasteiger partial charge is 0.181 e. The van der Waals surface area contributed by atoms with Gasteiger partial charge in [-0.2, -0.15) is 0 Å². The third-order valence-corrected chi connectivity index (χ3v) is 3.34.